The van der Waals surface area contributed by atoms with Crippen LogP contribution in [0.2, 0.25) is 6.04 Å². The van der Waals surface area contributed by atoms with Crippen LogP contribution < -0.4 is 0 Å². The Hall–Kier alpha value is 0.811. The SMILES string of the molecule is CCO[Si](CCCS[C]#[V])(OCC)OCC. The summed E-state index contributed by atoms with van der Waals surface area (Å²) in [6, 6.07) is 0.893. The van der Waals surface area contributed by atoms with Crippen LogP contribution in [0.25, 0.3) is 0 Å². The van der Waals surface area contributed by atoms with Crippen molar-refractivity contribution in [3.8, 4) is 3.87 Å². The normalized spacial score (nSPS) is 11.4. The standard InChI is InChI=1S/C10H21O3SSi.V/c1-5-11-15(12-6-2,13-7-3)10-8-9-14-4;/h5-10H2,1-3H3;. The van der Waals surface area contributed by atoms with Gasteiger partial charge in [0.1, 0.15) is 0 Å². The van der Waals surface area contributed by atoms with E-state index in [-0.39, 0.29) is 0 Å². The van der Waals surface area contributed by atoms with Crippen molar-refractivity contribution < 1.29 is 30.1 Å². The maximum atomic E-state index is 5.75. The fourth-order valence-corrected chi connectivity index (χ4v) is 5.08. The van der Waals surface area contributed by atoms with E-state index in [1.807, 2.05) is 20.8 Å². The Bertz CT molecular complexity index is 194. The monoisotopic (exact) mass is 300 g/mol. The first-order valence-electron chi connectivity index (χ1n) is 5.67. The van der Waals surface area contributed by atoms with Crippen LogP contribution in [0.4, 0.5) is 0 Å². The Kier molecular flexibility index (Phi) is 11.5. The number of hydrogen-bond acceptors (Lipinski definition) is 4. The molecule has 0 spiro atoms. The van der Waals surface area contributed by atoms with E-state index in [2.05, 4.69) is 20.7 Å². The van der Waals surface area contributed by atoms with Gasteiger partial charge in [-0.2, -0.15) is 0 Å². The van der Waals surface area contributed by atoms with Crippen LogP contribution in [0.15, 0.2) is 0 Å². The quantitative estimate of drug-likeness (QED) is 0.458. The van der Waals surface area contributed by atoms with Crippen molar-refractivity contribution in [2.75, 3.05) is 25.6 Å². The second-order valence-electron chi connectivity index (χ2n) is 3.03. The van der Waals surface area contributed by atoms with Gasteiger partial charge < -0.3 is 0 Å². The predicted molar refractivity (Wildman–Crippen MR) is 66.4 cm³/mol. The fraction of sp³-hybridized carbons (Fsp3) is 0.900. The molecule has 0 amide bonds. The summed E-state index contributed by atoms with van der Waals surface area (Å²) < 4.78 is 20.3. The van der Waals surface area contributed by atoms with Gasteiger partial charge in [-0.1, -0.05) is 0 Å². The molecule has 0 saturated carbocycles. The van der Waals surface area contributed by atoms with Crippen LogP contribution in [-0.4, -0.2) is 34.4 Å². The summed E-state index contributed by atoms with van der Waals surface area (Å²) in [6.07, 6.45) is 1.04. The fourth-order valence-electron chi connectivity index (χ4n) is 1.41. The maximum absolute atomic E-state index is 5.75. The van der Waals surface area contributed by atoms with Crippen molar-refractivity contribution >= 4 is 20.6 Å². The molecule has 16 heavy (non-hydrogen) atoms. The van der Waals surface area contributed by atoms with Gasteiger partial charge in [-0.25, -0.2) is 0 Å². The number of thioether (sulfide) groups is 1. The third-order valence-corrected chi connectivity index (χ3v) is 6.26. The molecule has 0 radical (unpaired) electrons. The predicted octanol–water partition coefficient (Wildman–Crippen LogP) is 2.62. The zero-order valence-electron chi connectivity index (χ0n) is 10.3. The van der Waals surface area contributed by atoms with E-state index < -0.39 is 8.80 Å². The van der Waals surface area contributed by atoms with Crippen LogP contribution in [0.5, 0.6) is 0 Å². The third kappa shape index (κ3) is 7.20. The summed E-state index contributed by atoms with van der Waals surface area (Å²) in [7, 11) is -2.39. The van der Waals surface area contributed by atoms with Crippen molar-refractivity contribution in [2.24, 2.45) is 0 Å². The Morgan fingerprint density at radius 1 is 1.06 bits per heavy atom. The molecule has 0 atom stereocenters. The van der Waals surface area contributed by atoms with Crippen molar-refractivity contribution in [1.82, 2.24) is 0 Å². The number of hydrogen-bond donors (Lipinski definition) is 0. The molecule has 0 bridgehead atoms. The molecule has 0 aromatic heterocycles. The van der Waals surface area contributed by atoms with Crippen LogP contribution in [0.1, 0.15) is 27.2 Å². The summed E-state index contributed by atoms with van der Waals surface area (Å²) >= 11 is 4.02. The van der Waals surface area contributed by atoms with Crippen molar-refractivity contribution in [3.05, 3.63) is 0 Å². The van der Waals surface area contributed by atoms with Crippen molar-refractivity contribution in [3.63, 3.8) is 0 Å². The van der Waals surface area contributed by atoms with Gasteiger partial charge in [0.2, 0.25) is 0 Å². The van der Waals surface area contributed by atoms with Crippen molar-refractivity contribution in [1.29, 1.82) is 0 Å². The first-order chi connectivity index (χ1) is 7.74. The Labute approximate surface area is 113 Å². The molecule has 0 aliphatic rings. The van der Waals surface area contributed by atoms with E-state index in [1.165, 1.54) is 0 Å². The van der Waals surface area contributed by atoms with Gasteiger partial charge in [-0.3, -0.25) is 0 Å². The molecule has 6 heteroatoms. The second-order valence-corrected chi connectivity index (χ2v) is 7.49. The molecule has 0 saturated heterocycles. The Balaban J connectivity index is 4.18. The van der Waals surface area contributed by atoms with Gasteiger partial charge in [0.15, 0.2) is 0 Å². The minimum atomic E-state index is -2.39. The van der Waals surface area contributed by atoms with E-state index in [0.29, 0.717) is 19.8 Å². The third-order valence-electron chi connectivity index (χ3n) is 1.89. The van der Waals surface area contributed by atoms with Gasteiger partial charge in [0, 0.05) is 0 Å². The van der Waals surface area contributed by atoms with Gasteiger partial charge in [-0.05, 0) is 0 Å². The number of rotatable bonds is 10. The average molecular weight is 300 g/mol. The second kappa shape index (κ2) is 10.9. The molecule has 3 nitrogen and oxygen atoms in total. The zero-order chi connectivity index (χ0) is 12.3. The first kappa shape index (κ1) is 16.8. The van der Waals surface area contributed by atoms with Crippen molar-refractivity contribution in [2.45, 2.75) is 33.2 Å². The molecule has 0 N–H and O–H groups in total. The summed E-state index contributed by atoms with van der Waals surface area (Å²) in [4.78, 5) is 0. The molecule has 0 heterocycles. The van der Waals surface area contributed by atoms with Crippen LogP contribution in [0.3, 0.4) is 0 Å². The van der Waals surface area contributed by atoms with Gasteiger partial charge in [0.25, 0.3) is 0 Å². The Morgan fingerprint density at radius 2 is 1.56 bits per heavy atom. The topological polar surface area (TPSA) is 27.7 Å². The van der Waals surface area contributed by atoms with Gasteiger partial charge >= 0.3 is 113 Å². The first-order valence-corrected chi connectivity index (χ1v) is 9.29. The van der Waals surface area contributed by atoms with Crippen LogP contribution >= 0.6 is 11.8 Å². The molecule has 94 valence electrons. The van der Waals surface area contributed by atoms with Crippen LogP contribution in [-0.2, 0) is 30.1 Å². The summed E-state index contributed by atoms with van der Waals surface area (Å²) in [5.74, 6) is 1.04. The summed E-state index contributed by atoms with van der Waals surface area (Å²) in [5, 5.41) is 0. The summed E-state index contributed by atoms with van der Waals surface area (Å²) in [6.45, 7) is 7.92. The molecule has 0 aliphatic heterocycles. The van der Waals surface area contributed by atoms with E-state index in [4.69, 9.17) is 13.3 Å². The van der Waals surface area contributed by atoms with Gasteiger partial charge in [0.05, 0.1) is 0 Å². The molecule has 0 aliphatic carbocycles. The minimum absolute atomic E-state index is 0.655. The zero-order valence-corrected chi connectivity index (χ0v) is 13.5. The molecule has 0 aromatic carbocycles. The van der Waals surface area contributed by atoms with E-state index >= 15 is 0 Å². The van der Waals surface area contributed by atoms with Gasteiger partial charge in [-0.15, -0.1) is 0 Å². The van der Waals surface area contributed by atoms with E-state index in [0.717, 1.165) is 18.2 Å². The molecule has 0 rings (SSSR count). The molecule has 0 aromatic rings. The van der Waals surface area contributed by atoms with Crippen LogP contribution in [0, 0.1) is 3.87 Å². The molecule has 0 unspecified atom stereocenters. The summed E-state index contributed by atoms with van der Waals surface area (Å²) in [5.41, 5.74) is 0. The average Bonchev–Trinajstić information content (AvgIpc) is 2.26. The molecular formula is C10H21O3SSiV. The molecule has 0 fully saturated rings. The van der Waals surface area contributed by atoms with E-state index in [1.54, 1.807) is 11.8 Å². The Morgan fingerprint density at radius 3 is 1.94 bits per heavy atom. The molecular weight excluding hydrogens is 279 g/mol. The van der Waals surface area contributed by atoms with E-state index in [9.17, 15) is 0 Å².